The predicted octanol–water partition coefficient (Wildman–Crippen LogP) is 6.86. The fourth-order valence-electron chi connectivity index (χ4n) is 3.59. The topological polar surface area (TPSA) is 63.6 Å². The highest BCUT2D eigenvalue weighted by Crippen LogP contribution is 2.22. The molecule has 166 valence electrons. The Balaban J connectivity index is 3.59. The van der Waals surface area contributed by atoms with Crippen molar-refractivity contribution in [2.24, 2.45) is 23.7 Å². The Hall–Kier alpha value is -1.06. The lowest BCUT2D eigenvalue weighted by Crippen LogP contribution is -2.10. The molecule has 0 rings (SSSR count). The summed E-state index contributed by atoms with van der Waals surface area (Å²) in [7, 11) is 0. The van der Waals surface area contributed by atoms with E-state index in [0.29, 0.717) is 12.5 Å². The van der Waals surface area contributed by atoms with E-state index >= 15 is 0 Å². The molecule has 0 fully saturated rings. The molecule has 28 heavy (non-hydrogen) atoms. The summed E-state index contributed by atoms with van der Waals surface area (Å²) in [6.07, 6.45) is 12.5. The van der Waals surface area contributed by atoms with Crippen LogP contribution < -0.4 is 0 Å². The van der Waals surface area contributed by atoms with E-state index in [1.54, 1.807) is 0 Å². The maximum absolute atomic E-state index is 11.4. The van der Waals surface area contributed by atoms with E-state index in [1.807, 2.05) is 0 Å². The molecule has 0 aliphatic carbocycles. The molecule has 0 aliphatic rings. The lowest BCUT2D eigenvalue weighted by Gasteiger charge is -2.16. The minimum absolute atomic E-state index is 0.0302. The van der Waals surface area contributed by atoms with Gasteiger partial charge in [-0.25, -0.2) is 0 Å². The molecule has 3 atom stereocenters. The van der Waals surface area contributed by atoms with Gasteiger partial charge in [0, 0.05) is 0 Å². The van der Waals surface area contributed by atoms with Crippen LogP contribution in [0.1, 0.15) is 112 Å². The highest BCUT2D eigenvalue weighted by Gasteiger charge is 2.10. The van der Waals surface area contributed by atoms with Crippen molar-refractivity contribution >= 4 is 11.9 Å². The lowest BCUT2D eigenvalue weighted by molar-refractivity contribution is -0.148. The molecule has 3 unspecified atom stereocenters. The number of ether oxygens (including phenoxy) is 1. The van der Waals surface area contributed by atoms with Gasteiger partial charge in [0.25, 0.3) is 0 Å². The molecular weight excluding hydrogens is 352 g/mol. The van der Waals surface area contributed by atoms with Gasteiger partial charge in [0.15, 0.2) is 0 Å². The molecule has 0 bridgehead atoms. The maximum atomic E-state index is 11.4. The smallest absolute Gasteiger partial charge is 0.306 e. The molecule has 0 aromatic rings. The van der Waals surface area contributed by atoms with Crippen molar-refractivity contribution in [3.05, 3.63) is 0 Å². The van der Waals surface area contributed by atoms with E-state index in [9.17, 15) is 9.59 Å². The van der Waals surface area contributed by atoms with Crippen LogP contribution in [0.15, 0.2) is 0 Å². The number of carbonyl (C=O) groups is 2. The number of carboxylic acid groups (broad SMARTS) is 1. The van der Waals surface area contributed by atoms with Gasteiger partial charge in [-0.05, 0) is 30.1 Å². The molecule has 0 radical (unpaired) electrons. The van der Waals surface area contributed by atoms with Crippen LogP contribution in [-0.4, -0.2) is 23.7 Å². The van der Waals surface area contributed by atoms with Crippen LogP contribution >= 0.6 is 0 Å². The van der Waals surface area contributed by atoms with Crippen molar-refractivity contribution < 1.29 is 19.4 Å². The van der Waals surface area contributed by atoms with Crippen molar-refractivity contribution in [1.82, 2.24) is 0 Å². The molecule has 0 saturated heterocycles. The number of aliphatic carboxylic acids is 1. The molecule has 0 aliphatic heterocycles. The number of hydrogen-bond acceptors (Lipinski definition) is 3. The number of esters is 1. The maximum Gasteiger partial charge on any atom is 0.306 e. The van der Waals surface area contributed by atoms with E-state index in [2.05, 4.69) is 34.6 Å². The predicted molar refractivity (Wildman–Crippen MR) is 116 cm³/mol. The number of rotatable bonds is 18. The van der Waals surface area contributed by atoms with E-state index < -0.39 is 11.9 Å². The normalized spacial score (nSPS) is 14.6. The average Bonchev–Trinajstić information content (AvgIpc) is 2.59. The van der Waals surface area contributed by atoms with Crippen molar-refractivity contribution in [2.75, 3.05) is 6.61 Å². The van der Waals surface area contributed by atoms with Gasteiger partial charge in [-0.2, -0.15) is 0 Å². The van der Waals surface area contributed by atoms with Crippen LogP contribution in [-0.2, 0) is 14.3 Å². The van der Waals surface area contributed by atoms with Crippen LogP contribution in [0.3, 0.4) is 0 Å². The second-order valence-corrected chi connectivity index (χ2v) is 9.40. The van der Waals surface area contributed by atoms with Gasteiger partial charge in [0.2, 0.25) is 0 Å². The van der Waals surface area contributed by atoms with E-state index in [0.717, 1.165) is 24.2 Å². The van der Waals surface area contributed by atoms with Gasteiger partial charge in [0.1, 0.15) is 0 Å². The minimum Gasteiger partial charge on any atom is -0.481 e. The Kier molecular flexibility index (Phi) is 16.2. The SMILES string of the molecule is CC(C)CCCC(C)CCCC(C)CCCC(C)CCOC(=O)CCC(=O)O. The van der Waals surface area contributed by atoms with Crippen LogP contribution in [0.25, 0.3) is 0 Å². The van der Waals surface area contributed by atoms with Crippen LogP contribution in [0.4, 0.5) is 0 Å². The molecule has 1 N–H and O–H groups in total. The standard InChI is InChI=1S/C24H46O4/c1-19(2)9-6-10-20(3)11-7-12-21(4)13-8-14-22(5)17-18-28-24(27)16-15-23(25)26/h19-22H,6-18H2,1-5H3,(H,25,26). The number of hydrogen-bond donors (Lipinski definition) is 1. The third-order valence-electron chi connectivity index (χ3n) is 5.68. The lowest BCUT2D eigenvalue weighted by atomic mass is 9.91. The summed E-state index contributed by atoms with van der Waals surface area (Å²) in [5.41, 5.74) is 0. The summed E-state index contributed by atoms with van der Waals surface area (Å²) in [4.78, 5) is 21.8. The Morgan fingerprint density at radius 2 is 1.11 bits per heavy atom. The van der Waals surface area contributed by atoms with Crippen molar-refractivity contribution in [1.29, 1.82) is 0 Å². The van der Waals surface area contributed by atoms with E-state index in [1.165, 1.54) is 57.8 Å². The molecule has 0 aromatic heterocycles. The van der Waals surface area contributed by atoms with Crippen LogP contribution in [0.5, 0.6) is 0 Å². The van der Waals surface area contributed by atoms with Gasteiger partial charge >= 0.3 is 11.9 Å². The molecule has 0 aromatic carbocycles. The summed E-state index contributed by atoms with van der Waals surface area (Å²) in [6.45, 7) is 12.0. The Labute approximate surface area is 173 Å². The Bertz CT molecular complexity index is 405. The van der Waals surface area contributed by atoms with Gasteiger partial charge in [-0.15, -0.1) is 0 Å². The van der Waals surface area contributed by atoms with Crippen molar-refractivity contribution in [2.45, 2.75) is 112 Å². The highest BCUT2D eigenvalue weighted by molar-refractivity contribution is 5.76. The second kappa shape index (κ2) is 16.9. The molecule has 0 spiro atoms. The second-order valence-electron chi connectivity index (χ2n) is 9.40. The number of carboxylic acids is 1. The summed E-state index contributed by atoms with van der Waals surface area (Å²) in [6, 6.07) is 0. The first-order valence-electron chi connectivity index (χ1n) is 11.6. The third kappa shape index (κ3) is 18.3. The van der Waals surface area contributed by atoms with Crippen LogP contribution in [0, 0.1) is 23.7 Å². The van der Waals surface area contributed by atoms with E-state index in [-0.39, 0.29) is 12.8 Å². The molecule has 0 amide bonds. The first kappa shape index (κ1) is 26.9. The first-order chi connectivity index (χ1) is 13.2. The van der Waals surface area contributed by atoms with Crippen molar-refractivity contribution in [3.8, 4) is 0 Å². The van der Waals surface area contributed by atoms with Crippen molar-refractivity contribution in [3.63, 3.8) is 0 Å². The zero-order valence-corrected chi connectivity index (χ0v) is 19.2. The van der Waals surface area contributed by atoms with Gasteiger partial charge in [0.05, 0.1) is 19.4 Å². The van der Waals surface area contributed by atoms with Gasteiger partial charge in [-0.3, -0.25) is 9.59 Å². The fraction of sp³-hybridized carbons (Fsp3) is 0.917. The largest absolute Gasteiger partial charge is 0.481 e. The highest BCUT2D eigenvalue weighted by atomic mass is 16.5. The Morgan fingerprint density at radius 1 is 0.679 bits per heavy atom. The summed E-state index contributed by atoms with van der Waals surface area (Å²) in [5.74, 6) is 1.67. The molecular formula is C24H46O4. The van der Waals surface area contributed by atoms with E-state index in [4.69, 9.17) is 9.84 Å². The van der Waals surface area contributed by atoms with Gasteiger partial charge < -0.3 is 9.84 Å². The zero-order valence-electron chi connectivity index (χ0n) is 19.2. The summed E-state index contributed by atoms with van der Waals surface area (Å²) < 4.78 is 5.10. The minimum atomic E-state index is -0.958. The molecule has 0 saturated carbocycles. The zero-order chi connectivity index (χ0) is 21.4. The summed E-state index contributed by atoms with van der Waals surface area (Å²) in [5, 5.41) is 8.54. The fourth-order valence-corrected chi connectivity index (χ4v) is 3.59. The number of carbonyl (C=O) groups excluding carboxylic acids is 1. The summed E-state index contributed by atoms with van der Waals surface area (Å²) >= 11 is 0. The molecule has 4 heteroatoms. The quantitative estimate of drug-likeness (QED) is 0.256. The first-order valence-corrected chi connectivity index (χ1v) is 11.6. The third-order valence-corrected chi connectivity index (χ3v) is 5.68. The Morgan fingerprint density at radius 3 is 1.54 bits per heavy atom. The molecule has 0 heterocycles. The average molecular weight is 399 g/mol. The monoisotopic (exact) mass is 398 g/mol. The van der Waals surface area contributed by atoms with Crippen LogP contribution in [0.2, 0.25) is 0 Å². The molecule has 4 nitrogen and oxygen atoms in total. The van der Waals surface area contributed by atoms with Gasteiger partial charge in [-0.1, -0.05) is 92.4 Å².